The summed E-state index contributed by atoms with van der Waals surface area (Å²) in [6.07, 6.45) is -4.66. The van der Waals surface area contributed by atoms with Crippen LogP contribution < -0.4 is 4.90 Å². The van der Waals surface area contributed by atoms with Gasteiger partial charge in [0.25, 0.3) is 5.95 Å². The molecule has 124 valence electrons. The summed E-state index contributed by atoms with van der Waals surface area (Å²) in [4.78, 5) is 7.10. The van der Waals surface area contributed by atoms with E-state index in [2.05, 4.69) is 19.6 Å². The maximum Gasteiger partial charge on any atom is 0.471 e. The van der Waals surface area contributed by atoms with E-state index >= 15 is 0 Å². The van der Waals surface area contributed by atoms with E-state index in [9.17, 15) is 17.6 Å². The average Bonchev–Trinajstić information content (AvgIpc) is 2.99. The smallest absolute Gasteiger partial charge is 0.335 e. The van der Waals surface area contributed by atoms with E-state index in [-0.39, 0.29) is 17.8 Å². The van der Waals surface area contributed by atoms with Crippen LogP contribution in [0.25, 0.3) is 0 Å². The number of halogens is 4. The van der Waals surface area contributed by atoms with Crippen molar-refractivity contribution in [3.63, 3.8) is 0 Å². The fourth-order valence-electron chi connectivity index (χ4n) is 2.56. The maximum atomic E-state index is 13.0. The molecule has 1 saturated heterocycles. The van der Waals surface area contributed by atoms with Gasteiger partial charge in [0.1, 0.15) is 5.82 Å². The summed E-state index contributed by atoms with van der Waals surface area (Å²) in [5.74, 6) is -1.78. The molecule has 0 saturated carbocycles. The number of alkyl halides is 3. The van der Waals surface area contributed by atoms with Gasteiger partial charge in [-0.3, -0.25) is 4.90 Å². The highest BCUT2D eigenvalue weighted by molar-refractivity contribution is 5.32. The van der Waals surface area contributed by atoms with Gasteiger partial charge in [-0.25, -0.2) is 4.39 Å². The van der Waals surface area contributed by atoms with E-state index in [1.165, 1.54) is 12.1 Å². The van der Waals surface area contributed by atoms with Crippen molar-refractivity contribution in [3.05, 3.63) is 41.5 Å². The van der Waals surface area contributed by atoms with Crippen molar-refractivity contribution in [3.8, 4) is 0 Å². The SMILES string of the molecule is CN1CCN(c2noc(C(F)(F)F)n2)CC1c1ccc(F)cc1. The van der Waals surface area contributed by atoms with Gasteiger partial charge in [-0.1, -0.05) is 12.1 Å². The van der Waals surface area contributed by atoms with Crippen LogP contribution in [-0.2, 0) is 6.18 Å². The molecule has 0 aliphatic carbocycles. The minimum absolute atomic E-state index is 0.0856. The first-order valence-corrected chi connectivity index (χ1v) is 6.96. The zero-order chi connectivity index (χ0) is 16.6. The predicted octanol–water partition coefficient (Wildman–Crippen LogP) is 2.72. The zero-order valence-corrected chi connectivity index (χ0v) is 12.2. The molecule has 5 nitrogen and oxygen atoms in total. The third kappa shape index (κ3) is 3.29. The Labute approximate surface area is 129 Å². The minimum atomic E-state index is -4.66. The predicted molar refractivity (Wildman–Crippen MR) is 73.3 cm³/mol. The molecule has 0 N–H and O–H groups in total. The van der Waals surface area contributed by atoms with Crippen molar-refractivity contribution in [2.45, 2.75) is 12.2 Å². The molecule has 1 aromatic heterocycles. The minimum Gasteiger partial charge on any atom is -0.335 e. The molecule has 2 heterocycles. The first-order chi connectivity index (χ1) is 10.8. The molecule has 3 rings (SSSR count). The van der Waals surface area contributed by atoms with Crippen molar-refractivity contribution < 1.29 is 22.1 Å². The molecule has 1 unspecified atom stereocenters. The van der Waals surface area contributed by atoms with Gasteiger partial charge in [-0.05, 0) is 29.9 Å². The molecule has 0 spiro atoms. The number of hydrogen-bond acceptors (Lipinski definition) is 5. The number of piperazine rings is 1. The summed E-state index contributed by atoms with van der Waals surface area (Å²) < 4.78 is 55.0. The lowest BCUT2D eigenvalue weighted by molar-refractivity contribution is -0.159. The van der Waals surface area contributed by atoms with Crippen molar-refractivity contribution in [1.29, 1.82) is 0 Å². The van der Waals surface area contributed by atoms with Gasteiger partial charge in [0.05, 0.1) is 6.04 Å². The molecule has 1 aromatic carbocycles. The zero-order valence-electron chi connectivity index (χ0n) is 12.2. The van der Waals surface area contributed by atoms with Crippen LogP contribution in [0.4, 0.5) is 23.5 Å². The highest BCUT2D eigenvalue weighted by Crippen LogP contribution is 2.31. The number of hydrogen-bond donors (Lipinski definition) is 0. The Balaban J connectivity index is 1.80. The number of anilines is 1. The quantitative estimate of drug-likeness (QED) is 0.792. The van der Waals surface area contributed by atoms with Crippen LogP contribution in [0.2, 0.25) is 0 Å². The average molecular weight is 330 g/mol. The number of nitrogens with zero attached hydrogens (tertiary/aromatic N) is 4. The molecular weight excluding hydrogens is 316 g/mol. The monoisotopic (exact) mass is 330 g/mol. The molecule has 9 heteroatoms. The number of aromatic nitrogens is 2. The summed E-state index contributed by atoms with van der Waals surface area (Å²) in [7, 11) is 1.91. The Bertz CT molecular complexity index is 670. The van der Waals surface area contributed by atoms with Gasteiger partial charge >= 0.3 is 12.1 Å². The molecule has 1 aliphatic rings. The highest BCUT2D eigenvalue weighted by Gasteiger charge is 2.39. The van der Waals surface area contributed by atoms with Crippen LogP contribution in [0.3, 0.4) is 0 Å². The molecule has 1 atom stereocenters. The van der Waals surface area contributed by atoms with E-state index in [4.69, 9.17) is 0 Å². The van der Waals surface area contributed by atoms with Crippen LogP contribution >= 0.6 is 0 Å². The van der Waals surface area contributed by atoms with E-state index < -0.39 is 12.1 Å². The van der Waals surface area contributed by atoms with Gasteiger partial charge in [-0.15, -0.1) is 0 Å². The number of likely N-dealkylation sites (N-methyl/N-ethyl adjacent to an activating group) is 1. The van der Waals surface area contributed by atoms with Gasteiger partial charge < -0.3 is 9.42 Å². The number of rotatable bonds is 2. The largest absolute Gasteiger partial charge is 0.471 e. The van der Waals surface area contributed by atoms with Crippen molar-refractivity contribution >= 4 is 5.95 Å². The van der Waals surface area contributed by atoms with Crippen LogP contribution in [0.1, 0.15) is 17.5 Å². The second-order valence-corrected chi connectivity index (χ2v) is 5.39. The van der Waals surface area contributed by atoms with E-state index in [0.29, 0.717) is 19.6 Å². The van der Waals surface area contributed by atoms with Gasteiger partial charge in [0, 0.05) is 19.6 Å². The number of benzene rings is 1. The Hall–Kier alpha value is -2.16. The van der Waals surface area contributed by atoms with Crippen LogP contribution in [-0.4, -0.2) is 41.7 Å². The summed E-state index contributed by atoms with van der Waals surface area (Å²) in [6, 6.07) is 5.95. The highest BCUT2D eigenvalue weighted by atomic mass is 19.4. The van der Waals surface area contributed by atoms with E-state index in [0.717, 1.165) is 5.56 Å². The summed E-state index contributed by atoms with van der Waals surface area (Å²) in [5, 5.41) is 3.41. The normalized spacial score (nSPS) is 20.0. The van der Waals surface area contributed by atoms with Crippen LogP contribution in [0.15, 0.2) is 28.8 Å². The van der Waals surface area contributed by atoms with Gasteiger partial charge in [-0.2, -0.15) is 18.2 Å². The molecule has 23 heavy (non-hydrogen) atoms. The molecule has 1 fully saturated rings. The van der Waals surface area contributed by atoms with E-state index in [1.807, 2.05) is 7.05 Å². The summed E-state index contributed by atoms with van der Waals surface area (Å²) >= 11 is 0. The molecule has 1 aliphatic heterocycles. The molecule has 0 amide bonds. The first kappa shape index (κ1) is 15.7. The van der Waals surface area contributed by atoms with Crippen molar-refractivity contribution in [2.75, 3.05) is 31.6 Å². The Kier molecular flexibility index (Phi) is 3.97. The fraction of sp³-hybridized carbons (Fsp3) is 0.429. The van der Waals surface area contributed by atoms with Gasteiger partial charge in [0.2, 0.25) is 0 Å². The molecule has 0 radical (unpaired) electrons. The molecule has 2 aromatic rings. The lowest BCUT2D eigenvalue weighted by Crippen LogP contribution is -2.47. The maximum absolute atomic E-state index is 13.0. The topological polar surface area (TPSA) is 45.4 Å². The van der Waals surface area contributed by atoms with E-state index in [1.54, 1.807) is 17.0 Å². The summed E-state index contributed by atoms with van der Waals surface area (Å²) in [6.45, 7) is 1.47. The standard InChI is InChI=1S/C14H14F4N4O/c1-21-6-7-22(13-19-12(23-20-13)14(16,17)18)8-11(21)9-2-4-10(15)5-3-9/h2-5,11H,6-8H2,1H3. The summed E-state index contributed by atoms with van der Waals surface area (Å²) in [5.41, 5.74) is 0.873. The van der Waals surface area contributed by atoms with Crippen LogP contribution in [0, 0.1) is 5.82 Å². The lowest BCUT2D eigenvalue weighted by atomic mass is 10.0. The van der Waals surface area contributed by atoms with Crippen molar-refractivity contribution in [2.24, 2.45) is 0 Å². The first-order valence-electron chi connectivity index (χ1n) is 6.96. The third-order valence-corrected chi connectivity index (χ3v) is 3.84. The molecular formula is C14H14F4N4O. The second-order valence-electron chi connectivity index (χ2n) is 5.39. The third-order valence-electron chi connectivity index (χ3n) is 3.84. The van der Waals surface area contributed by atoms with Gasteiger partial charge in [0.15, 0.2) is 0 Å². The Morgan fingerprint density at radius 3 is 2.48 bits per heavy atom. The Morgan fingerprint density at radius 2 is 1.87 bits per heavy atom. The second kappa shape index (κ2) is 5.80. The lowest BCUT2D eigenvalue weighted by Gasteiger charge is -2.39. The Morgan fingerprint density at radius 1 is 1.17 bits per heavy atom. The molecule has 0 bridgehead atoms. The van der Waals surface area contributed by atoms with Crippen molar-refractivity contribution in [1.82, 2.24) is 15.0 Å². The van der Waals surface area contributed by atoms with Crippen LogP contribution in [0.5, 0.6) is 0 Å². The fourth-order valence-corrected chi connectivity index (χ4v) is 2.56.